The molecule has 1 aliphatic rings. The van der Waals surface area contributed by atoms with E-state index in [1.54, 1.807) is 6.07 Å². The van der Waals surface area contributed by atoms with Crippen molar-refractivity contribution in [2.45, 2.75) is 52.1 Å². The van der Waals surface area contributed by atoms with E-state index < -0.39 is 0 Å². The molecule has 0 bridgehead atoms. The Labute approximate surface area is 182 Å². The Hall–Kier alpha value is -3.24. The van der Waals surface area contributed by atoms with Crippen LogP contribution in [0.25, 0.3) is 11.0 Å². The number of nitrogens with zero attached hydrogens (tertiary/aromatic N) is 5. The number of benzene rings is 1. The van der Waals surface area contributed by atoms with Crippen LogP contribution in [0.5, 0.6) is 0 Å². The number of nitriles is 1. The van der Waals surface area contributed by atoms with Gasteiger partial charge in [-0.3, -0.25) is 9.69 Å². The van der Waals surface area contributed by atoms with Crippen LogP contribution in [0.15, 0.2) is 30.3 Å². The molecule has 0 aliphatic carbocycles. The molecular formula is C24H28N6O. The summed E-state index contributed by atoms with van der Waals surface area (Å²) < 4.78 is 1.82. The molecule has 1 aromatic carbocycles. The maximum absolute atomic E-state index is 12.5. The second-order valence-corrected chi connectivity index (χ2v) is 8.22. The van der Waals surface area contributed by atoms with Gasteiger partial charge < -0.3 is 10.3 Å². The highest BCUT2D eigenvalue weighted by Crippen LogP contribution is 2.24. The van der Waals surface area contributed by atoms with Crippen molar-refractivity contribution in [3.8, 4) is 6.07 Å². The summed E-state index contributed by atoms with van der Waals surface area (Å²) in [6.07, 6.45) is 4.67. The summed E-state index contributed by atoms with van der Waals surface area (Å²) >= 11 is 0. The SMILES string of the molecule is CCCCC(=O)c1nc(N)c2cc(C#N)n(Cc3ccc(CN4CCCC4)cc3)c2n1. The largest absolute Gasteiger partial charge is 0.383 e. The zero-order valence-corrected chi connectivity index (χ0v) is 18.0. The second kappa shape index (κ2) is 9.27. The minimum atomic E-state index is -0.118. The van der Waals surface area contributed by atoms with Crippen LogP contribution in [-0.4, -0.2) is 38.3 Å². The van der Waals surface area contributed by atoms with Gasteiger partial charge in [0.05, 0.1) is 11.9 Å². The van der Waals surface area contributed by atoms with E-state index in [4.69, 9.17) is 5.73 Å². The van der Waals surface area contributed by atoms with Gasteiger partial charge in [-0.15, -0.1) is 0 Å². The van der Waals surface area contributed by atoms with Gasteiger partial charge in [0.25, 0.3) is 0 Å². The molecule has 31 heavy (non-hydrogen) atoms. The molecule has 4 rings (SSSR count). The molecule has 1 aliphatic heterocycles. The fourth-order valence-corrected chi connectivity index (χ4v) is 4.11. The van der Waals surface area contributed by atoms with E-state index in [1.165, 1.54) is 31.5 Å². The van der Waals surface area contributed by atoms with Gasteiger partial charge in [0.2, 0.25) is 0 Å². The third-order valence-corrected chi connectivity index (χ3v) is 5.87. The van der Waals surface area contributed by atoms with Gasteiger partial charge in [0, 0.05) is 13.0 Å². The van der Waals surface area contributed by atoms with Gasteiger partial charge in [0.15, 0.2) is 11.6 Å². The standard InChI is InChI=1S/C24H28N6O/c1-2-3-6-21(31)23-27-22(26)20-13-19(14-25)30(24(20)28-23)16-18-9-7-17(8-10-18)15-29-11-4-5-12-29/h7-10,13H,2-6,11-12,15-16H2,1H3,(H2,26,27,28). The molecule has 0 radical (unpaired) electrons. The molecule has 0 amide bonds. The first kappa shape index (κ1) is 21.0. The number of rotatable bonds is 8. The van der Waals surface area contributed by atoms with E-state index in [-0.39, 0.29) is 17.4 Å². The fraction of sp³-hybridized carbons (Fsp3) is 0.417. The summed E-state index contributed by atoms with van der Waals surface area (Å²) in [5, 5.41) is 10.3. The van der Waals surface area contributed by atoms with Gasteiger partial charge in [-0.25, -0.2) is 9.97 Å². The van der Waals surface area contributed by atoms with Crippen LogP contribution >= 0.6 is 0 Å². The molecule has 7 nitrogen and oxygen atoms in total. The molecule has 2 N–H and O–H groups in total. The van der Waals surface area contributed by atoms with Crippen LogP contribution in [0.1, 0.15) is 66.5 Å². The molecule has 3 heterocycles. The van der Waals surface area contributed by atoms with E-state index in [1.807, 2.05) is 11.5 Å². The van der Waals surface area contributed by atoms with Gasteiger partial charge in [-0.05, 0) is 49.5 Å². The van der Waals surface area contributed by atoms with Gasteiger partial charge in [-0.1, -0.05) is 37.6 Å². The molecule has 0 spiro atoms. The number of aromatic nitrogens is 3. The van der Waals surface area contributed by atoms with Gasteiger partial charge in [0.1, 0.15) is 23.2 Å². The predicted molar refractivity (Wildman–Crippen MR) is 121 cm³/mol. The molecule has 160 valence electrons. The zero-order chi connectivity index (χ0) is 21.8. The Morgan fingerprint density at radius 1 is 1.13 bits per heavy atom. The number of hydrogen-bond donors (Lipinski definition) is 1. The number of Topliss-reactive ketones (excluding diaryl/α,β-unsaturated/α-hetero) is 1. The summed E-state index contributed by atoms with van der Waals surface area (Å²) in [7, 11) is 0. The minimum Gasteiger partial charge on any atom is -0.383 e. The average Bonchev–Trinajstić information content (AvgIpc) is 3.41. The Morgan fingerprint density at radius 3 is 2.45 bits per heavy atom. The van der Waals surface area contributed by atoms with Crippen LogP contribution in [0.3, 0.4) is 0 Å². The highest BCUT2D eigenvalue weighted by Gasteiger charge is 2.18. The number of carbonyl (C=O) groups is 1. The molecular weight excluding hydrogens is 388 g/mol. The van der Waals surface area contributed by atoms with E-state index in [0.29, 0.717) is 29.7 Å². The topological polar surface area (TPSA) is 101 Å². The minimum absolute atomic E-state index is 0.118. The van der Waals surface area contributed by atoms with Crippen molar-refractivity contribution >= 4 is 22.6 Å². The van der Waals surface area contributed by atoms with Crippen LogP contribution in [-0.2, 0) is 13.1 Å². The number of fused-ring (bicyclic) bond motifs is 1. The zero-order valence-electron chi connectivity index (χ0n) is 18.0. The Morgan fingerprint density at radius 2 is 1.81 bits per heavy atom. The number of carbonyl (C=O) groups excluding carboxylic acids is 1. The third kappa shape index (κ3) is 4.59. The number of ketones is 1. The molecule has 7 heteroatoms. The van der Waals surface area contributed by atoms with E-state index in [9.17, 15) is 10.1 Å². The smallest absolute Gasteiger partial charge is 0.200 e. The first-order valence-electron chi connectivity index (χ1n) is 11.0. The molecule has 0 atom stereocenters. The summed E-state index contributed by atoms with van der Waals surface area (Å²) in [5.74, 6) is 0.247. The van der Waals surface area contributed by atoms with Crippen molar-refractivity contribution in [1.29, 1.82) is 5.26 Å². The molecule has 3 aromatic rings. The van der Waals surface area contributed by atoms with Crippen LogP contribution in [0.2, 0.25) is 0 Å². The highest BCUT2D eigenvalue weighted by atomic mass is 16.1. The molecule has 0 unspecified atom stereocenters. The predicted octanol–water partition coefficient (Wildman–Crippen LogP) is 3.90. The lowest BCUT2D eigenvalue weighted by atomic mass is 10.1. The number of nitrogens with two attached hydrogens (primary N) is 1. The fourth-order valence-electron chi connectivity index (χ4n) is 4.11. The normalized spacial score (nSPS) is 14.2. The average molecular weight is 417 g/mol. The van der Waals surface area contributed by atoms with Crippen molar-refractivity contribution in [2.24, 2.45) is 0 Å². The van der Waals surface area contributed by atoms with Crippen molar-refractivity contribution in [2.75, 3.05) is 18.8 Å². The van der Waals surface area contributed by atoms with Crippen molar-refractivity contribution < 1.29 is 4.79 Å². The monoisotopic (exact) mass is 416 g/mol. The number of anilines is 1. The van der Waals surface area contributed by atoms with Gasteiger partial charge in [-0.2, -0.15) is 5.26 Å². The Balaban J connectivity index is 1.62. The van der Waals surface area contributed by atoms with Crippen molar-refractivity contribution in [3.05, 3.63) is 53.0 Å². The summed E-state index contributed by atoms with van der Waals surface area (Å²) in [6.45, 7) is 5.83. The first-order valence-corrected chi connectivity index (χ1v) is 11.0. The number of hydrogen-bond acceptors (Lipinski definition) is 6. The number of unbranched alkanes of at least 4 members (excludes halogenated alkanes) is 1. The Bertz CT molecular complexity index is 1120. The van der Waals surface area contributed by atoms with Crippen molar-refractivity contribution in [3.63, 3.8) is 0 Å². The third-order valence-electron chi connectivity index (χ3n) is 5.87. The van der Waals surface area contributed by atoms with Gasteiger partial charge >= 0.3 is 0 Å². The van der Waals surface area contributed by atoms with E-state index in [2.05, 4.69) is 45.2 Å². The molecule has 2 aromatic heterocycles. The Kier molecular flexibility index (Phi) is 6.28. The van der Waals surface area contributed by atoms with E-state index >= 15 is 0 Å². The number of nitrogen functional groups attached to an aromatic ring is 1. The van der Waals surface area contributed by atoms with Crippen LogP contribution in [0.4, 0.5) is 5.82 Å². The lowest BCUT2D eigenvalue weighted by Gasteiger charge is -2.15. The molecule has 0 saturated carbocycles. The molecule has 1 saturated heterocycles. The van der Waals surface area contributed by atoms with E-state index in [0.717, 1.165) is 24.9 Å². The highest BCUT2D eigenvalue weighted by molar-refractivity contribution is 5.97. The quantitative estimate of drug-likeness (QED) is 0.559. The second-order valence-electron chi connectivity index (χ2n) is 8.22. The number of likely N-dealkylation sites (tertiary alicyclic amines) is 1. The maximum Gasteiger partial charge on any atom is 0.200 e. The summed E-state index contributed by atoms with van der Waals surface area (Å²) in [4.78, 5) is 23.6. The lowest BCUT2D eigenvalue weighted by molar-refractivity contribution is 0.0970. The lowest BCUT2D eigenvalue weighted by Crippen LogP contribution is -2.18. The first-order chi connectivity index (χ1) is 15.1. The summed E-state index contributed by atoms with van der Waals surface area (Å²) in [5.41, 5.74) is 9.46. The summed E-state index contributed by atoms with van der Waals surface area (Å²) in [6, 6.07) is 12.4. The van der Waals surface area contributed by atoms with Crippen LogP contribution < -0.4 is 5.73 Å². The van der Waals surface area contributed by atoms with Crippen LogP contribution in [0, 0.1) is 11.3 Å². The maximum atomic E-state index is 12.5. The van der Waals surface area contributed by atoms with Crippen molar-refractivity contribution in [1.82, 2.24) is 19.4 Å². The molecule has 1 fully saturated rings.